The minimum absolute atomic E-state index is 0.0229. The van der Waals surface area contributed by atoms with Gasteiger partial charge in [0.2, 0.25) is 0 Å². The van der Waals surface area contributed by atoms with Crippen LogP contribution in [0.1, 0.15) is 11.3 Å². The van der Waals surface area contributed by atoms with Crippen LogP contribution in [-0.2, 0) is 13.0 Å². The van der Waals surface area contributed by atoms with Crippen molar-refractivity contribution in [1.82, 2.24) is 10.3 Å². The molecule has 2 rings (SSSR count). The molecule has 5 heteroatoms. The highest BCUT2D eigenvalue weighted by atomic mass is 79.9. The monoisotopic (exact) mass is 398 g/mol. The molecule has 1 aromatic heterocycles. The molecule has 1 aromatic carbocycles. The van der Waals surface area contributed by atoms with Crippen LogP contribution in [-0.4, -0.2) is 22.7 Å². The van der Waals surface area contributed by atoms with E-state index in [2.05, 4.69) is 54.3 Å². The van der Waals surface area contributed by atoms with Crippen LogP contribution in [0.5, 0.6) is 0 Å². The van der Waals surface area contributed by atoms with Crippen molar-refractivity contribution >= 4 is 31.9 Å². The van der Waals surface area contributed by atoms with Crippen LogP contribution in [0.15, 0.2) is 51.5 Å². The van der Waals surface area contributed by atoms with Gasteiger partial charge in [-0.15, -0.1) is 0 Å². The molecule has 0 fully saturated rings. The number of pyridine rings is 1. The lowest BCUT2D eigenvalue weighted by Gasteiger charge is -2.16. The zero-order valence-electron chi connectivity index (χ0n) is 10.9. The van der Waals surface area contributed by atoms with Crippen molar-refractivity contribution in [2.45, 2.75) is 19.0 Å². The van der Waals surface area contributed by atoms with E-state index in [9.17, 15) is 5.11 Å². The van der Waals surface area contributed by atoms with Gasteiger partial charge in [-0.1, -0.05) is 30.3 Å². The Kier molecular flexibility index (Phi) is 6.16. The molecule has 0 saturated carbocycles. The Morgan fingerprint density at radius 1 is 1.20 bits per heavy atom. The van der Waals surface area contributed by atoms with Crippen molar-refractivity contribution in [1.29, 1.82) is 0 Å². The van der Waals surface area contributed by atoms with Crippen molar-refractivity contribution < 1.29 is 5.11 Å². The first-order chi connectivity index (χ1) is 9.69. The van der Waals surface area contributed by atoms with E-state index >= 15 is 0 Å². The highest BCUT2D eigenvalue weighted by Gasteiger charge is 2.10. The van der Waals surface area contributed by atoms with Crippen molar-refractivity contribution in [3.05, 3.63) is 62.8 Å². The van der Waals surface area contributed by atoms with Gasteiger partial charge in [0.1, 0.15) is 0 Å². The maximum atomic E-state index is 9.48. The first-order valence-electron chi connectivity index (χ1n) is 6.37. The Morgan fingerprint density at radius 3 is 2.60 bits per heavy atom. The summed E-state index contributed by atoms with van der Waals surface area (Å²) in [4.78, 5) is 4.35. The Morgan fingerprint density at radius 2 is 1.95 bits per heavy atom. The third-order valence-corrected chi connectivity index (χ3v) is 4.11. The summed E-state index contributed by atoms with van der Waals surface area (Å²) in [5.41, 5.74) is 2.14. The summed E-state index contributed by atoms with van der Waals surface area (Å²) < 4.78 is 1.90. The van der Waals surface area contributed by atoms with Crippen LogP contribution in [0.25, 0.3) is 0 Å². The number of halogens is 2. The van der Waals surface area contributed by atoms with E-state index < -0.39 is 0 Å². The smallest absolute Gasteiger partial charge is 0.0684 e. The second-order valence-corrected chi connectivity index (χ2v) is 6.30. The van der Waals surface area contributed by atoms with Gasteiger partial charge in [-0.2, -0.15) is 0 Å². The Hall–Kier alpha value is -0.750. The summed E-state index contributed by atoms with van der Waals surface area (Å²) in [6, 6.07) is 12.1. The predicted octanol–water partition coefficient (Wildman–Crippen LogP) is 3.30. The van der Waals surface area contributed by atoms with Crippen LogP contribution in [0.3, 0.4) is 0 Å². The molecule has 0 saturated heterocycles. The maximum absolute atomic E-state index is 9.48. The van der Waals surface area contributed by atoms with Gasteiger partial charge < -0.3 is 10.4 Å². The van der Waals surface area contributed by atoms with E-state index in [1.807, 2.05) is 24.3 Å². The molecule has 0 amide bonds. The lowest BCUT2D eigenvalue weighted by molar-refractivity contribution is 0.240. The van der Waals surface area contributed by atoms with Crippen molar-refractivity contribution in [3.8, 4) is 0 Å². The van der Waals surface area contributed by atoms with Gasteiger partial charge >= 0.3 is 0 Å². The lowest BCUT2D eigenvalue weighted by atomic mass is 10.1. The van der Waals surface area contributed by atoms with Crippen LogP contribution < -0.4 is 5.32 Å². The van der Waals surface area contributed by atoms with Crippen LogP contribution in [0.4, 0.5) is 0 Å². The molecule has 0 radical (unpaired) electrons. The third-order valence-electron chi connectivity index (χ3n) is 2.99. The molecule has 3 nitrogen and oxygen atoms in total. The number of rotatable bonds is 6. The highest BCUT2D eigenvalue weighted by molar-refractivity contribution is 9.11. The Labute approximate surface area is 135 Å². The summed E-state index contributed by atoms with van der Waals surface area (Å²) >= 11 is 6.87. The van der Waals surface area contributed by atoms with E-state index in [0.29, 0.717) is 6.54 Å². The number of hydrogen-bond donors (Lipinski definition) is 2. The Bertz CT molecular complexity index is 549. The molecule has 1 heterocycles. The predicted molar refractivity (Wildman–Crippen MR) is 87.5 cm³/mol. The normalized spacial score (nSPS) is 12.3. The summed E-state index contributed by atoms with van der Waals surface area (Å²) in [6.45, 7) is 0.717. The molecule has 2 N–H and O–H groups in total. The van der Waals surface area contributed by atoms with E-state index in [1.165, 1.54) is 5.56 Å². The topological polar surface area (TPSA) is 45.1 Å². The maximum Gasteiger partial charge on any atom is 0.0684 e. The molecule has 0 aliphatic heterocycles. The van der Waals surface area contributed by atoms with Crippen molar-refractivity contribution in [2.24, 2.45) is 0 Å². The second-order valence-electron chi connectivity index (χ2n) is 4.53. The summed E-state index contributed by atoms with van der Waals surface area (Å²) in [5.74, 6) is 0. The number of nitrogens with zero attached hydrogens (tertiary/aromatic N) is 1. The second kappa shape index (κ2) is 7.88. The summed E-state index contributed by atoms with van der Waals surface area (Å²) in [7, 11) is 0. The molecular weight excluding hydrogens is 384 g/mol. The van der Waals surface area contributed by atoms with Gasteiger partial charge in [-0.05, 0) is 49.9 Å². The average molecular weight is 400 g/mol. The van der Waals surface area contributed by atoms with E-state index in [1.54, 1.807) is 6.20 Å². The summed E-state index contributed by atoms with van der Waals surface area (Å²) in [6.07, 6.45) is 2.57. The van der Waals surface area contributed by atoms with Gasteiger partial charge in [0.25, 0.3) is 0 Å². The van der Waals surface area contributed by atoms with E-state index in [0.717, 1.165) is 21.1 Å². The SMILES string of the molecule is OC[C@@H](Cc1ccccc1)NCc1ncc(Br)cc1Br. The first-order valence-corrected chi connectivity index (χ1v) is 7.95. The molecule has 0 spiro atoms. The average Bonchev–Trinajstić information content (AvgIpc) is 2.46. The number of hydrogen-bond acceptors (Lipinski definition) is 3. The van der Waals surface area contributed by atoms with Crippen molar-refractivity contribution in [2.75, 3.05) is 6.61 Å². The molecule has 0 aliphatic carbocycles. The van der Waals surface area contributed by atoms with Crippen molar-refractivity contribution in [3.63, 3.8) is 0 Å². The van der Waals surface area contributed by atoms with Gasteiger partial charge in [0.05, 0.1) is 12.3 Å². The van der Waals surface area contributed by atoms with E-state index in [-0.39, 0.29) is 12.6 Å². The van der Waals surface area contributed by atoms with Crippen LogP contribution in [0, 0.1) is 0 Å². The Balaban J connectivity index is 1.93. The summed E-state index contributed by atoms with van der Waals surface area (Å²) in [5, 5.41) is 12.8. The molecule has 0 aliphatic rings. The molecule has 20 heavy (non-hydrogen) atoms. The van der Waals surface area contributed by atoms with E-state index in [4.69, 9.17) is 0 Å². The van der Waals surface area contributed by atoms with Gasteiger partial charge in [-0.3, -0.25) is 4.98 Å². The number of benzene rings is 1. The number of aliphatic hydroxyl groups is 1. The zero-order chi connectivity index (χ0) is 14.4. The minimum atomic E-state index is 0.0229. The lowest BCUT2D eigenvalue weighted by Crippen LogP contribution is -2.34. The zero-order valence-corrected chi connectivity index (χ0v) is 14.1. The molecule has 106 valence electrons. The number of aromatic nitrogens is 1. The molecular formula is C15H16Br2N2O. The van der Waals surface area contributed by atoms with Gasteiger partial charge in [-0.25, -0.2) is 0 Å². The molecule has 1 atom stereocenters. The third kappa shape index (κ3) is 4.66. The quantitative estimate of drug-likeness (QED) is 0.783. The van der Waals surface area contributed by atoms with Gasteiger partial charge in [0, 0.05) is 27.7 Å². The first kappa shape index (κ1) is 15.6. The standard InChI is InChI=1S/C15H16Br2N2O/c16-12-7-14(17)15(19-8-12)9-18-13(10-20)6-11-4-2-1-3-5-11/h1-5,7-8,13,18,20H,6,9-10H2/t13-/m1/s1. The highest BCUT2D eigenvalue weighted by Crippen LogP contribution is 2.19. The molecule has 2 aromatic rings. The number of nitrogens with one attached hydrogen (secondary N) is 1. The fourth-order valence-corrected chi connectivity index (χ4v) is 3.04. The van der Waals surface area contributed by atoms with Crippen LogP contribution >= 0.6 is 31.9 Å². The fraction of sp³-hybridized carbons (Fsp3) is 0.267. The minimum Gasteiger partial charge on any atom is -0.395 e. The molecule has 0 bridgehead atoms. The largest absolute Gasteiger partial charge is 0.395 e. The molecule has 0 unspecified atom stereocenters. The fourth-order valence-electron chi connectivity index (χ4n) is 1.91. The van der Waals surface area contributed by atoms with Crippen LogP contribution in [0.2, 0.25) is 0 Å². The number of aliphatic hydroxyl groups excluding tert-OH is 1. The van der Waals surface area contributed by atoms with Gasteiger partial charge in [0.15, 0.2) is 0 Å².